The highest BCUT2D eigenvalue weighted by molar-refractivity contribution is 5.89. The molecule has 2 aliphatic rings. The monoisotopic (exact) mass is 344 g/mol. The van der Waals surface area contributed by atoms with Crippen molar-refractivity contribution in [2.24, 2.45) is 11.1 Å². The van der Waals surface area contributed by atoms with Gasteiger partial charge in [0, 0.05) is 36.9 Å². The summed E-state index contributed by atoms with van der Waals surface area (Å²) in [6, 6.07) is 8.72. The fourth-order valence-corrected chi connectivity index (χ4v) is 4.64. The summed E-state index contributed by atoms with van der Waals surface area (Å²) in [5.41, 5.74) is 8.14. The lowest BCUT2D eigenvalue weighted by Gasteiger charge is -2.58. The van der Waals surface area contributed by atoms with Gasteiger partial charge in [-0.25, -0.2) is 0 Å². The normalized spacial score (nSPS) is 34.0. The summed E-state index contributed by atoms with van der Waals surface area (Å²) in [6.45, 7) is 11.8. The molecule has 4 heteroatoms. The van der Waals surface area contributed by atoms with Crippen molar-refractivity contribution in [1.82, 2.24) is 4.90 Å². The minimum absolute atomic E-state index is 0.0662. The summed E-state index contributed by atoms with van der Waals surface area (Å²) in [5.74, 6) is 0.492. The minimum Gasteiger partial charge on any atom is -0.378 e. The number of ether oxygens (including phenoxy) is 1. The molecule has 2 N–H and O–H groups in total. The van der Waals surface area contributed by atoms with E-state index in [9.17, 15) is 4.79 Å². The third-order valence-electron chi connectivity index (χ3n) is 6.68. The predicted molar refractivity (Wildman–Crippen MR) is 100 cm³/mol. The second-order valence-electron chi connectivity index (χ2n) is 8.44. The lowest BCUT2D eigenvalue weighted by molar-refractivity contribution is -0.179. The van der Waals surface area contributed by atoms with E-state index in [4.69, 9.17) is 10.5 Å². The van der Waals surface area contributed by atoms with Gasteiger partial charge in [0.25, 0.3) is 0 Å². The molecule has 1 saturated heterocycles. The summed E-state index contributed by atoms with van der Waals surface area (Å²) in [5, 5.41) is 0. The van der Waals surface area contributed by atoms with Crippen LogP contribution < -0.4 is 5.73 Å². The molecule has 0 aromatic heterocycles. The van der Waals surface area contributed by atoms with E-state index >= 15 is 0 Å². The van der Waals surface area contributed by atoms with Crippen LogP contribution >= 0.6 is 0 Å². The van der Waals surface area contributed by atoms with E-state index in [0.29, 0.717) is 18.9 Å². The lowest BCUT2D eigenvalue weighted by atomic mass is 9.54. The standard InChI is InChI=1S/C21H32N2O2/c1-6-25-18-12-21(22,20(18,4)5)19(24)23-13-16(11-15(23)3)17-10-8-7-9-14(17)2/h7-10,15-16,18H,6,11-13,22H2,1-5H3. The van der Waals surface area contributed by atoms with E-state index in [1.165, 1.54) is 11.1 Å². The van der Waals surface area contributed by atoms with Gasteiger partial charge in [-0.3, -0.25) is 4.79 Å². The Balaban J connectivity index is 1.76. The van der Waals surface area contributed by atoms with Gasteiger partial charge in [0.15, 0.2) is 0 Å². The number of benzene rings is 1. The number of aryl methyl sites for hydroxylation is 1. The Labute approximate surface area is 151 Å². The lowest BCUT2D eigenvalue weighted by Crippen LogP contribution is -2.76. The molecule has 4 unspecified atom stereocenters. The second kappa shape index (κ2) is 6.40. The maximum absolute atomic E-state index is 13.3. The van der Waals surface area contributed by atoms with E-state index in [2.05, 4.69) is 52.0 Å². The summed E-state index contributed by atoms with van der Waals surface area (Å²) in [7, 11) is 0. The second-order valence-corrected chi connectivity index (χ2v) is 8.44. The summed E-state index contributed by atoms with van der Waals surface area (Å²) in [6.07, 6.45) is 1.68. The van der Waals surface area contributed by atoms with Crippen LogP contribution in [0, 0.1) is 12.3 Å². The SMILES string of the molecule is CCOC1CC(N)(C(=O)N2CC(c3ccccc3C)CC2C)C1(C)C. The Hall–Kier alpha value is -1.39. The molecule has 4 nitrogen and oxygen atoms in total. The Bertz CT molecular complexity index is 657. The van der Waals surface area contributed by atoms with E-state index in [-0.39, 0.29) is 23.5 Å². The van der Waals surface area contributed by atoms with Crippen molar-refractivity contribution >= 4 is 5.91 Å². The average molecular weight is 344 g/mol. The van der Waals surface area contributed by atoms with Gasteiger partial charge in [-0.15, -0.1) is 0 Å². The first kappa shape index (κ1) is 18.4. The Morgan fingerprint density at radius 2 is 2.04 bits per heavy atom. The molecule has 3 rings (SSSR count). The van der Waals surface area contributed by atoms with Crippen LogP contribution in [0.1, 0.15) is 57.6 Å². The molecule has 1 saturated carbocycles. The maximum atomic E-state index is 13.3. The molecule has 4 atom stereocenters. The largest absolute Gasteiger partial charge is 0.378 e. The smallest absolute Gasteiger partial charge is 0.243 e. The number of nitrogens with zero attached hydrogens (tertiary/aromatic N) is 1. The first-order valence-electron chi connectivity index (χ1n) is 9.49. The molecule has 1 aromatic carbocycles. The number of carbonyl (C=O) groups is 1. The Kier molecular flexibility index (Phi) is 4.71. The predicted octanol–water partition coefficient (Wildman–Crippen LogP) is 3.23. The Morgan fingerprint density at radius 3 is 2.64 bits per heavy atom. The highest BCUT2D eigenvalue weighted by Gasteiger charge is 2.64. The molecule has 1 aromatic rings. The van der Waals surface area contributed by atoms with Crippen LogP contribution in [0.25, 0.3) is 0 Å². The zero-order chi connectivity index (χ0) is 18.4. The molecule has 0 bridgehead atoms. The summed E-state index contributed by atoms with van der Waals surface area (Å²) < 4.78 is 5.78. The van der Waals surface area contributed by atoms with Crippen molar-refractivity contribution in [2.75, 3.05) is 13.2 Å². The fourth-order valence-electron chi connectivity index (χ4n) is 4.64. The highest BCUT2D eigenvalue weighted by Crippen LogP contribution is 2.51. The van der Waals surface area contributed by atoms with Gasteiger partial charge in [0.2, 0.25) is 5.91 Å². The number of hydrogen-bond acceptors (Lipinski definition) is 3. The number of nitrogens with two attached hydrogens (primary N) is 1. The zero-order valence-electron chi connectivity index (χ0n) is 16.2. The Morgan fingerprint density at radius 1 is 1.36 bits per heavy atom. The van der Waals surface area contributed by atoms with Crippen LogP contribution in [0.2, 0.25) is 0 Å². The molecule has 0 radical (unpaired) electrons. The minimum atomic E-state index is -0.818. The van der Waals surface area contributed by atoms with Gasteiger partial charge in [-0.05, 0) is 38.3 Å². The highest BCUT2D eigenvalue weighted by atomic mass is 16.5. The molecule has 0 spiro atoms. The first-order valence-corrected chi connectivity index (χ1v) is 9.49. The van der Waals surface area contributed by atoms with Gasteiger partial charge in [-0.2, -0.15) is 0 Å². The van der Waals surface area contributed by atoms with Crippen molar-refractivity contribution in [3.63, 3.8) is 0 Å². The number of hydrogen-bond donors (Lipinski definition) is 1. The molecule has 25 heavy (non-hydrogen) atoms. The molecule has 138 valence electrons. The maximum Gasteiger partial charge on any atom is 0.243 e. The van der Waals surface area contributed by atoms with Crippen molar-refractivity contribution in [3.05, 3.63) is 35.4 Å². The van der Waals surface area contributed by atoms with Crippen LogP contribution in [-0.2, 0) is 9.53 Å². The molecule has 1 aliphatic carbocycles. The van der Waals surface area contributed by atoms with Gasteiger partial charge in [0.1, 0.15) is 5.54 Å². The molecular formula is C21H32N2O2. The third kappa shape index (κ3) is 2.80. The quantitative estimate of drug-likeness (QED) is 0.912. The van der Waals surface area contributed by atoms with Crippen LogP contribution in [0.3, 0.4) is 0 Å². The van der Waals surface area contributed by atoms with Gasteiger partial charge < -0.3 is 15.4 Å². The molecule has 2 fully saturated rings. The number of likely N-dealkylation sites (tertiary alicyclic amines) is 1. The number of carbonyl (C=O) groups excluding carboxylic acids is 1. The first-order chi connectivity index (χ1) is 11.7. The average Bonchev–Trinajstić information content (AvgIpc) is 2.95. The van der Waals surface area contributed by atoms with Crippen LogP contribution in [0.4, 0.5) is 0 Å². The fraction of sp³-hybridized carbons (Fsp3) is 0.667. The molecule has 1 heterocycles. The van der Waals surface area contributed by atoms with Gasteiger partial charge in [0.05, 0.1) is 6.10 Å². The number of rotatable bonds is 4. The number of amides is 1. The van der Waals surface area contributed by atoms with Gasteiger partial charge >= 0.3 is 0 Å². The summed E-state index contributed by atoms with van der Waals surface area (Å²) >= 11 is 0. The van der Waals surface area contributed by atoms with Crippen molar-refractivity contribution in [1.29, 1.82) is 0 Å². The van der Waals surface area contributed by atoms with Gasteiger partial charge in [-0.1, -0.05) is 38.1 Å². The van der Waals surface area contributed by atoms with Crippen molar-refractivity contribution < 1.29 is 9.53 Å². The van der Waals surface area contributed by atoms with Crippen LogP contribution in [0.5, 0.6) is 0 Å². The molecule has 1 aliphatic heterocycles. The van der Waals surface area contributed by atoms with E-state index in [0.717, 1.165) is 13.0 Å². The van der Waals surface area contributed by atoms with Crippen molar-refractivity contribution in [2.45, 2.75) is 71.1 Å². The zero-order valence-corrected chi connectivity index (χ0v) is 16.2. The van der Waals surface area contributed by atoms with E-state index in [1.54, 1.807) is 0 Å². The van der Waals surface area contributed by atoms with Crippen molar-refractivity contribution in [3.8, 4) is 0 Å². The van der Waals surface area contributed by atoms with Crippen LogP contribution in [0.15, 0.2) is 24.3 Å². The third-order valence-corrected chi connectivity index (χ3v) is 6.68. The van der Waals surface area contributed by atoms with E-state index in [1.807, 2.05) is 11.8 Å². The van der Waals surface area contributed by atoms with E-state index < -0.39 is 5.54 Å². The molecular weight excluding hydrogens is 312 g/mol. The summed E-state index contributed by atoms with van der Waals surface area (Å²) in [4.78, 5) is 15.3. The molecule has 1 amide bonds. The van der Waals surface area contributed by atoms with Crippen LogP contribution in [-0.4, -0.2) is 41.6 Å². The topological polar surface area (TPSA) is 55.6 Å².